The van der Waals surface area contributed by atoms with Gasteiger partial charge in [0.05, 0.1) is 19.0 Å². The highest BCUT2D eigenvalue weighted by Gasteiger charge is 2.21. The smallest absolute Gasteiger partial charge is 0.191 e. The third-order valence-corrected chi connectivity index (χ3v) is 6.20. The van der Waals surface area contributed by atoms with E-state index in [4.69, 9.17) is 4.74 Å². The second-order valence-corrected chi connectivity index (χ2v) is 11.2. The maximum Gasteiger partial charge on any atom is 0.191 e. The van der Waals surface area contributed by atoms with Crippen LogP contribution in [-0.2, 0) is 20.0 Å². The molecule has 1 fully saturated rings. The second-order valence-electron chi connectivity index (χ2n) is 8.94. The van der Waals surface area contributed by atoms with Crippen molar-refractivity contribution in [1.29, 1.82) is 0 Å². The third kappa shape index (κ3) is 8.52. The molecule has 0 aromatic heterocycles. The molecule has 1 aromatic rings. The molecule has 1 heterocycles. The van der Waals surface area contributed by atoms with Gasteiger partial charge in [-0.25, -0.2) is 8.42 Å². The minimum absolute atomic E-state index is 0.0531. The fourth-order valence-electron chi connectivity index (χ4n) is 3.40. The van der Waals surface area contributed by atoms with Gasteiger partial charge in [0.25, 0.3) is 0 Å². The number of ether oxygens (including phenoxy) is 1. The molecule has 7 nitrogen and oxygen atoms in total. The molecule has 0 atom stereocenters. The zero-order valence-electron chi connectivity index (χ0n) is 19.1. The molecular weight excluding hydrogens is 400 g/mol. The Morgan fingerprint density at radius 3 is 2.33 bits per heavy atom. The van der Waals surface area contributed by atoms with Gasteiger partial charge in [0.1, 0.15) is 9.84 Å². The second kappa shape index (κ2) is 11.0. The number of nitrogens with zero attached hydrogens (tertiary/aromatic N) is 2. The molecule has 0 aliphatic carbocycles. The average molecular weight is 439 g/mol. The Kier molecular flexibility index (Phi) is 8.97. The van der Waals surface area contributed by atoms with Crippen molar-refractivity contribution in [1.82, 2.24) is 10.6 Å². The van der Waals surface area contributed by atoms with Crippen LogP contribution in [0.25, 0.3) is 0 Å². The fourth-order valence-corrected chi connectivity index (χ4v) is 3.82. The van der Waals surface area contributed by atoms with Gasteiger partial charge in [-0.05, 0) is 36.0 Å². The molecule has 1 aromatic carbocycles. The highest BCUT2D eigenvalue weighted by atomic mass is 32.2. The number of aliphatic imine (C=N–C) groups is 1. The highest BCUT2D eigenvalue weighted by molar-refractivity contribution is 7.90. The Hall–Kier alpha value is -1.80. The van der Waals surface area contributed by atoms with Gasteiger partial charge in [-0.2, -0.15) is 0 Å². The molecular formula is C22H38N4O3S. The first-order valence-corrected chi connectivity index (χ1v) is 12.7. The molecule has 30 heavy (non-hydrogen) atoms. The molecule has 0 amide bonds. The van der Waals surface area contributed by atoms with Crippen molar-refractivity contribution in [2.24, 2.45) is 4.99 Å². The number of guanidine groups is 1. The van der Waals surface area contributed by atoms with Crippen LogP contribution < -0.4 is 15.5 Å². The first kappa shape index (κ1) is 24.5. The summed E-state index contributed by atoms with van der Waals surface area (Å²) in [5.74, 6) is 0.812. The van der Waals surface area contributed by atoms with Crippen molar-refractivity contribution in [2.45, 2.75) is 45.1 Å². The standard InChI is InChI=1S/C22H38N4O3S/c1-22(2,3)18-6-8-20(9-7-18)26-13-10-19(11-14-26)25-21(23-4)24-12-15-29-16-17-30(5,27)28/h6-9,19H,10-17H2,1-5H3,(H2,23,24,25). The predicted molar refractivity (Wildman–Crippen MR) is 125 cm³/mol. The van der Waals surface area contributed by atoms with Crippen molar-refractivity contribution >= 4 is 21.5 Å². The van der Waals surface area contributed by atoms with Crippen LogP contribution in [0, 0.1) is 0 Å². The SMILES string of the molecule is CN=C(NCCOCCS(C)(=O)=O)NC1CCN(c2ccc(C(C)(C)C)cc2)CC1. The summed E-state index contributed by atoms with van der Waals surface area (Å²) in [5, 5.41) is 6.71. The van der Waals surface area contributed by atoms with Gasteiger partial charge in [-0.1, -0.05) is 32.9 Å². The Balaban J connectivity index is 1.70. The molecule has 0 spiro atoms. The summed E-state index contributed by atoms with van der Waals surface area (Å²) >= 11 is 0. The normalized spacial score (nSPS) is 16.6. The number of rotatable bonds is 8. The van der Waals surface area contributed by atoms with Crippen LogP contribution in [0.3, 0.4) is 0 Å². The Bertz CT molecular complexity index is 778. The maximum atomic E-state index is 11.1. The van der Waals surface area contributed by atoms with E-state index < -0.39 is 9.84 Å². The Morgan fingerprint density at radius 2 is 1.80 bits per heavy atom. The van der Waals surface area contributed by atoms with Gasteiger partial charge >= 0.3 is 0 Å². The third-order valence-electron chi connectivity index (χ3n) is 5.30. The lowest BCUT2D eigenvalue weighted by atomic mass is 9.87. The lowest BCUT2D eigenvalue weighted by molar-refractivity contribution is 0.154. The van der Waals surface area contributed by atoms with E-state index in [0.29, 0.717) is 19.2 Å². The molecule has 2 rings (SSSR count). The van der Waals surface area contributed by atoms with Gasteiger partial charge in [0.2, 0.25) is 0 Å². The van der Waals surface area contributed by atoms with Crippen LogP contribution in [0.2, 0.25) is 0 Å². The molecule has 1 aliphatic heterocycles. The number of hydrogen-bond donors (Lipinski definition) is 2. The van der Waals surface area contributed by atoms with Gasteiger partial charge in [0.15, 0.2) is 5.96 Å². The number of hydrogen-bond acceptors (Lipinski definition) is 5. The maximum absolute atomic E-state index is 11.1. The number of sulfone groups is 1. The summed E-state index contributed by atoms with van der Waals surface area (Å²) in [6.07, 6.45) is 3.31. The lowest BCUT2D eigenvalue weighted by Crippen LogP contribution is -2.49. The minimum Gasteiger partial charge on any atom is -0.379 e. The van der Waals surface area contributed by atoms with Crippen LogP contribution in [0.15, 0.2) is 29.3 Å². The molecule has 170 valence electrons. The monoisotopic (exact) mass is 438 g/mol. The summed E-state index contributed by atoms with van der Waals surface area (Å²) in [5.41, 5.74) is 2.82. The quantitative estimate of drug-likeness (QED) is 0.368. The molecule has 1 saturated heterocycles. The van der Waals surface area contributed by atoms with E-state index in [2.05, 4.69) is 65.6 Å². The van der Waals surface area contributed by atoms with Crippen molar-refractivity contribution in [3.05, 3.63) is 29.8 Å². The van der Waals surface area contributed by atoms with Crippen molar-refractivity contribution < 1.29 is 13.2 Å². The van der Waals surface area contributed by atoms with Gasteiger partial charge in [-0.3, -0.25) is 4.99 Å². The van der Waals surface area contributed by atoms with Crippen LogP contribution in [0.4, 0.5) is 5.69 Å². The molecule has 0 radical (unpaired) electrons. The van der Waals surface area contributed by atoms with Crippen LogP contribution in [0.1, 0.15) is 39.2 Å². The first-order valence-electron chi connectivity index (χ1n) is 10.7. The molecule has 2 N–H and O–H groups in total. The largest absolute Gasteiger partial charge is 0.379 e. The predicted octanol–water partition coefficient (Wildman–Crippen LogP) is 2.18. The molecule has 8 heteroatoms. The number of piperidine rings is 1. The van der Waals surface area contributed by atoms with E-state index in [1.165, 1.54) is 17.5 Å². The fraction of sp³-hybridized carbons (Fsp3) is 0.682. The number of anilines is 1. The van der Waals surface area contributed by atoms with Gasteiger partial charge in [0, 0.05) is 44.7 Å². The van der Waals surface area contributed by atoms with E-state index in [1.807, 2.05) is 0 Å². The Labute approximate surface area is 182 Å². The zero-order valence-corrected chi connectivity index (χ0v) is 19.9. The molecule has 0 unspecified atom stereocenters. The van der Waals surface area contributed by atoms with Crippen molar-refractivity contribution in [2.75, 3.05) is 56.8 Å². The van der Waals surface area contributed by atoms with Crippen LogP contribution >= 0.6 is 0 Å². The summed E-state index contributed by atoms with van der Waals surface area (Å²) < 4.78 is 27.5. The van der Waals surface area contributed by atoms with E-state index >= 15 is 0 Å². The van der Waals surface area contributed by atoms with E-state index in [1.54, 1.807) is 7.05 Å². The van der Waals surface area contributed by atoms with E-state index in [0.717, 1.165) is 31.9 Å². The Morgan fingerprint density at radius 1 is 1.17 bits per heavy atom. The minimum atomic E-state index is -2.97. The number of benzene rings is 1. The van der Waals surface area contributed by atoms with Gasteiger partial charge in [-0.15, -0.1) is 0 Å². The molecule has 0 saturated carbocycles. The van der Waals surface area contributed by atoms with Crippen LogP contribution in [-0.4, -0.2) is 72.3 Å². The van der Waals surface area contributed by atoms with E-state index in [9.17, 15) is 8.42 Å². The summed E-state index contributed by atoms with van der Waals surface area (Å²) in [6, 6.07) is 9.33. The summed E-state index contributed by atoms with van der Waals surface area (Å²) in [4.78, 5) is 6.72. The van der Waals surface area contributed by atoms with Crippen molar-refractivity contribution in [3.8, 4) is 0 Å². The first-order chi connectivity index (χ1) is 14.1. The summed E-state index contributed by atoms with van der Waals surface area (Å²) in [7, 11) is -1.21. The number of nitrogens with one attached hydrogen (secondary N) is 2. The summed E-state index contributed by atoms with van der Waals surface area (Å²) in [6.45, 7) is 9.99. The zero-order chi connectivity index (χ0) is 22.2. The van der Waals surface area contributed by atoms with Crippen LogP contribution in [0.5, 0.6) is 0 Å². The van der Waals surface area contributed by atoms with E-state index in [-0.39, 0.29) is 17.8 Å². The topological polar surface area (TPSA) is 83.0 Å². The van der Waals surface area contributed by atoms with Gasteiger partial charge < -0.3 is 20.3 Å². The lowest BCUT2D eigenvalue weighted by Gasteiger charge is -2.35. The highest BCUT2D eigenvalue weighted by Crippen LogP contribution is 2.26. The van der Waals surface area contributed by atoms with Crippen molar-refractivity contribution in [3.63, 3.8) is 0 Å². The molecule has 0 bridgehead atoms. The molecule has 1 aliphatic rings. The average Bonchev–Trinajstić information content (AvgIpc) is 2.69.